The van der Waals surface area contributed by atoms with Crippen LogP contribution in [0.15, 0.2) is 11.1 Å². The first-order chi connectivity index (χ1) is 8.51. The third kappa shape index (κ3) is 2.57. The highest BCUT2D eigenvalue weighted by molar-refractivity contribution is 8.14. The maximum absolute atomic E-state index is 11.5. The molecule has 0 bridgehead atoms. The van der Waals surface area contributed by atoms with Crippen molar-refractivity contribution in [1.29, 1.82) is 0 Å². The van der Waals surface area contributed by atoms with Gasteiger partial charge < -0.3 is 4.57 Å². The normalized spacial score (nSPS) is 13.2. The summed E-state index contributed by atoms with van der Waals surface area (Å²) in [5, 5.41) is 0.349. The Morgan fingerprint density at radius 3 is 2.32 bits per heavy atom. The minimum Gasteiger partial charge on any atom is -0.334 e. The van der Waals surface area contributed by atoms with Gasteiger partial charge in [0.1, 0.15) is 21.5 Å². The fourth-order valence-corrected chi connectivity index (χ4v) is 3.10. The number of halogens is 2. The highest BCUT2D eigenvalue weighted by Gasteiger charge is 2.25. The van der Waals surface area contributed by atoms with Crippen LogP contribution in [0, 0.1) is 0 Å². The Kier molecular flexibility index (Phi) is 3.32. The van der Waals surface area contributed by atoms with Crippen LogP contribution in [0.25, 0.3) is 11.0 Å². The lowest BCUT2D eigenvalue weighted by Crippen LogP contribution is -2.16. The monoisotopic (exact) mass is 321 g/mol. The van der Waals surface area contributed by atoms with Crippen LogP contribution >= 0.6 is 22.3 Å². The van der Waals surface area contributed by atoms with E-state index in [9.17, 15) is 8.42 Å². The average Bonchev–Trinajstić information content (AvgIpc) is 2.55. The van der Waals surface area contributed by atoms with E-state index in [0.717, 1.165) is 0 Å². The van der Waals surface area contributed by atoms with Gasteiger partial charge in [-0.25, -0.2) is 18.4 Å². The molecule has 2 heterocycles. The largest absolute Gasteiger partial charge is 0.334 e. The second-order valence-corrected chi connectivity index (χ2v) is 8.22. The van der Waals surface area contributed by atoms with Crippen LogP contribution in [0.4, 0.5) is 0 Å². The Hall–Kier alpha value is -0.850. The SMILES string of the molecule is Cn1cc(S(=O)(=O)Cl)c2c(Cl)nc(C(C)(C)C)nc21. The van der Waals surface area contributed by atoms with Gasteiger partial charge in [-0.15, -0.1) is 0 Å². The van der Waals surface area contributed by atoms with Gasteiger partial charge in [-0.1, -0.05) is 32.4 Å². The molecular formula is C11H13Cl2N3O2S. The molecule has 0 amide bonds. The van der Waals surface area contributed by atoms with E-state index in [4.69, 9.17) is 22.3 Å². The first-order valence-corrected chi connectivity index (χ1v) is 8.18. The summed E-state index contributed by atoms with van der Waals surface area (Å²) < 4.78 is 24.6. The van der Waals surface area contributed by atoms with Crippen LogP contribution in [-0.2, 0) is 21.5 Å². The van der Waals surface area contributed by atoms with Gasteiger partial charge in [0.25, 0.3) is 9.05 Å². The van der Waals surface area contributed by atoms with Crippen LogP contribution in [0.5, 0.6) is 0 Å². The fraction of sp³-hybridized carbons (Fsp3) is 0.455. The maximum atomic E-state index is 11.5. The molecule has 0 atom stereocenters. The number of hydrogen-bond acceptors (Lipinski definition) is 4. The molecule has 19 heavy (non-hydrogen) atoms. The summed E-state index contributed by atoms with van der Waals surface area (Å²) in [4.78, 5) is 8.49. The maximum Gasteiger partial charge on any atom is 0.263 e. The van der Waals surface area contributed by atoms with Crippen LogP contribution in [0.2, 0.25) is 5.15 Å². The molecule has 8 heteroatoms. The lowest BCUT2D eigenvalue weighted by molar-refractivity contribution is 0.547. The molecule has 0 radical (unpaired) electrons. The predicted molar refractivity (Wildman–Crippen MR) is 75.3 cm³/mol. The second-order valence-electron chi connectivity index (χ2n) is 5.33. The number of fused-ring (bicyclic) bond motifs is 1. The molecular weight excluding hydrogens is 309 g/mol. The van der Waals surface area contributed by atoms with Crippen molar-refractivity contribution < 1.29 is 8.42 Å². The Morgan fingerprint density at radius 1 is 1.26 bits per heavy atom. The van der Waals surface area contributed by atoms with Crippen molar-refractivity contribution in [3.8, 4) is 0 Å². The van der Waals surface area contributed by atoms with Crippen LogP contribution in [0.1, 0.15) is 26.6 Å². The van der Waals surface area contributed by atoms with E-state index in [1.165, 1.54) is 6.20 Å². The van der Waals surface area contributed by atoms with Crippen molar-refractivity contribution in [2.75, 3.05) is 0 Å². The summed E-state index contributed by atoms with van der Waals surface area (Å²) in [5.74, 6) is 0.546. The predicted octanol–water partition coefficient (Wildman–Crippen LogP) is 2.85. The Labute approximate surface area is 121 Å². The van der Waals surface area contributed by atoms with Crippen LogP contribution < -0.4 is 0 Å². The summed E-state index contributed by atoms with van der Waals surface area (Å²) in [7, 11) is 3.19. The van der Waals surface area contributed by atoms with Crippen molar-refractivity contribution in [3.63, 3.8) is 0 Å². The van der Waals surface area contributed by atoms with E-state index >= 15 is 0 Å². The molecule has 0 fully saturated rings. The zero-order valence-corrected chi connectivity index (χ0v) is 13.2. The fourth-order valence-electron chi connectivity index (χ4n) is 1.71. The van der Waals surface area contributed by atoms with E-state index in [1.807, 2.05) is 20.8 Å². The van der Waals surface area contributed by atoms with E-state index in [1.54, 1.807) is 11.6 Å². The molecule has 2 aromatic heterocycles. The quantitative estimate of drug-likeness (QED) is 0.598. The van der Waals surface area contributed by atoms with Gasteiger partial charge in [0.2, 0.25) is 0 Å². The van der Waals surface area contributed by atoms with Gasteiger partial charge in [-0.3, -0.25) is 0 Å². The topological polar surface area (TPSA) is 64.8 Å². The van der Waals surface area contributed by atoms with E-state index < -0.39 is 9.05 Å². The lowest BCUT2D eigenvalue weighted by atomic mass is 9.96. The lowest BCUT2D eigenvalue weighted by Gasteiger charge is -2.16. The molecule has 0 unspecified atom stereocenters. The first-order valence-electron chi connectivity index (χ1n) is 5.49. The minimum atomic E-state index is -3.89. The standard InChI is InChI=1S/C11H13Cl2N3O2S/c1-11(2,3)10-14-8(12)7-6(19(13,17)18)5-16(4)9(7)15-10/h5H,1-4H3. The molecule has 0 N–H and O–H groups in total. The van der Waals surface area contributed by atoms with Gasteiger partial charge in [0.05, 0.1) is 5.39 Å². The van der Waals surface area contributed by atoms with Crippen molar-refractivity contribution in [1.82, 2.24) is 14.5 Å². The third-order valence-electron chi connectivity index (χ3n) is 2.67. The molecule has 0 aromatic carbocycles. The third-order valence-corrected chi connectivity index (χ3v) is 4.28. The highest BCUT2D eigenvalue weighted by atomic mass is 35.7. The molecule has 0 aliphatic carbocycles. The molecule has 2 rings (SSSR count). The van der Waals surface area contributed by atoms with E-state index in [2.05, 4.69) is 9.97 Å². The van der Waals surface area contributed by atoms with Gasteiger partial charge in [0, 0.05) is 29.3 Å². The van der Waals surface area contributed by atoms with E-state index in [-0.39, 0.29) is 20.8 Å². The zero-order chi connectivity index (χ0) is 14.6. The van der Waals surface area contributed by atoms with Gasteiger partial charge in [-0.2, -0.15) is 0 Å². The minimum absolute atomic E-state index is 0.0721. The van der Waals surface area contributed by atoms with Gasteiger partial charge in [-0.05, 0) is 0 Å². The number of hydrogen-bond donors (Lipinski definition) is 0. The molecule has 104 valence electrons. The number of aryl methyl sites for hydroxylation is 1. The molecule has 0 aliphatic rings. The number of rotatable bonds is 1. The molecule has 2 aromatic rings. The first kappa shape index (κ1) is 14.6. The molecule has 5 nitrogen and oxygen atoms in total. The molecule has 0 aliphatic heterocycles. The Bertz CT molecular complexity index is 760. The van der Waals surface area contributed by atoms with Crippen LogP contribution in [-0.4, -0.2) is 23.0 Å². The average molecular weight is 322 g/mol. The summed E-state index contributed by atoms with van der Waals surface area (Å²) in [6.45, 7) is 5.85. The molecule has 0 saturated carbocycles. The summed E-state index contributed by atoms with van der Waals surface area (Å²) >= 11 is 6.11. The highest BCUT2D eigenvalue weighted by Crippen LogP contribution is 2.32. The summed E-state index contributed by atoms with van der Waals surface area (Å²) in [6.07, 6.45) is 1.39. The van der Waals surface area contributed by atoms with Crippen molar-refractivity contribution in [2.45, 2.75) is 31.1 Å². The smallest absolute Gasteiger partial charge is 0.263 e. The summed E-state index contributed by atoms with van der Waals surface area (Å²) in [5.41, 5.74) is 0.159. The zero-order valence-electron chi connectivity index (χ0n) is 10.9. The molecule has 0 spiro atoms. The Balaban J connectivity index is 2.91. The van der Waals surface area contributed by atoms with Crippen molar-refractivity contribution in [2.24, 2.45) is 7.05 Å². The number of nitrogens with zero attached hydrogens (tertiary/aromatic N) is 3. The second kappa shape index (κ2) is 4.33. The van der Waals surface area contributed by atoms with Gasteiger partial charge in [0.15, 0.2) is 0 Å². The Morgan fingerprint density at radius 2 is 1.84 bits per heavy atom. The van der Waals surface area contributed by atoms with Gasteiger partial charge >= 0.3 is 0 Å². The molecule has 0 saturated heterocycles. The number of aromatic nitrogens is 3. The van der Waals surface area contributed by atoms with E-state index in [0.29, 0.717) is 11.5 Å². The van der Waals surface area contributed by atoms with Crippen LogP contribution in [0.3, 0.4) is 0 Å². The van der Waals surface area contributed by atoms with Crippen molar-refractivity contribution >= 4 is 42.4 Å². The summed E-state index contributed by atoms with van der Waals surface area (Å²) in [6, 6.07) is 0. The van der Waals surface area contributed by atoms with Crippen molar-refractivity contribution in [3.05, 3.63) is 17.2 Å².